The van der Waals surface area contributed by atoms with E-state index < -0.39 is 0 Å². The van der Waals surface area contributed by atoms with Crippen molar-refractivity contribution < 1.29 is 4.79 Å². The van der Waals surface area contributed by atoms with E-state index in [1.54, 1.807) is 6.08 Å². The molecule has 7 heteroatoms. The normalized spacial score (nSPS) is 14.7. The summed E-state index contributed by atoms with van der Waals surface area (Å²) in [5, 5.41) is 0.687. The van der Waals surface area contributed by atoms with Crippen molar-refractivity contribution in [2.24, 2.45) is 0 Å². The van der Waals surface area contributed by atoms with Crippen LogP contribution in [0.4, 0.5) is 11.6 Å². The lowest BCUT2D eigenvalue weighted by Crippen LogP contribution is -2.48. The molecule has 1 fully saturated rings. The van der Waals surface area contributed by atoms with E-state index in [1.165, 1.54) is 0 Å². The van der Waals surface area contributed by atoms with Gasteiger partial charge in [-0.1, -0.05) is 23.7 Å². The second-order valence-corrected chi connectivity index (χ2v) is 7.16. The highest BCUT2D eigenvalue weighted by Gasteiger charge is 2.21. The Balaban J connectivity index is 1.60. The first-order chi connectivity index (χ1) is 12.9. The average Bonchev–Trinajstić information content (AvgIpc) is 2.67. The van der Waals surface area contributed by atoms with Crippen LogP contribution < -0.4 is 9.80 Å². The molecular formula is C20H24ClN5O. The first-order valence-electron chi connectivity index (χ1n) is 8.93. The van der Waals surface area contributed by atoms with Crippen LogP contribution in [0.15, 0.2) is 36.4 Å². The SMILES string of the molecule is Cc1nc(N(C)C)cc(N2CCN(C(=O)/C=C/c3ccc(Cl)cc3)CC2)n1. The number of aryl methyl sites for hydroxylation is 1. The molecule has 27 heavy (non-hydrogen) atoms. The minimum absolute atomic E-state index is 0.0254. The van der Waals surface area contributed by atoms with Gasteiger partial charge in [0.2, 0.25) is 5.91 Å². The monoisotopic (exact) mass is 385 g/mol. The van der Waals surface area contributed by atoms with Crippen molar-refractivity contribution in [2.45, 2.75) is 6.92 Å². The van der Waals surface area contributed by atoms with E-state index in [9.17, 15) is 4.79 Å². The third-order valence-corrected chi connectivity index (χ3v) is 4.72. The Labute approximate surface area is 165 Å². The molecule has 0 atom stereocenters. The number of carbonyl (C=O) groups is 1. The third kappa shape index (κ3) is 4.98. The van der Waals surface area contributed by atoms with Crippen molar-refractivity contribution in [1.29, 1.82) is 0 Å². The molecule has 2 heterocycles. The fraction of sp³-hybridized carbons (Fsp3) is 0.350. The Hall–Kier alpha value is -2.60. The highest BCUT2D eigenvalue weighted by atomic mass is 35.5. The lowest BCUT2D eigenvalue weighted by molar-refractivity contribution is -0.126. The number of rotatable bonds is 4. The van der Waals surface area contributed by atoms with E-state index in [1.807, 2.05) is 67.2 Å². The van der Waals surface area contributed by atoms with Gasteiger partial charge in [0.1, 0.15) is 17.5 Å². The second-order valence-electron chi connectivity index (χ2n) is 6.72. The van der Waals surface area contributed by atoms with Gasteiger partial charge >= 0.3 is 0 Å². The van der Waals surface area contributed by atoms with Gasteiger partial charge in [0, 0.05) is 57.4 Å². The number of carbonyl (C=O) groups excluding carboxylic acids is 1. The van der Waals surface area contributed by atoms with Crippen molar-refractivity contribution in [1.82, 2.24) is 14.9 Å². The van der Waals surface area contributed by atoms with Crippen LogP contribution in [0.3, 0.4) is 0 Å². The fourth-order valence-corrected chi connectivity index (χ4v) is 3.06. The molecule has 1 aromatic carbocycles. The lowest BCUT2D eigenvalue weighted by atomic mass is 10.2. The molecule has 1 amide bonds. The van der Waals surface area contributed by atoms with E-state index in [-0.39, 0.29) is 5.91 Å². The minimum atomic E-state index is 0.0254. The van der Waals surface area contributed by atoms with Crippen molar-refractivity contribution in [3.05, 3.63) is 52.8 Å². The lowest BCUT2D eigenvalue weighted by Gasteiger charge is -2.35. The molecule has 3 rings (SSSR count). The summed E-state index contributed by atoms with van der Waals surface area (Å²) in [6.07, 6.45) is 3.44. The summed E-state index contributed by atoms with van der Waals surface area (Å²) in [4.78, 5) is 27.5. The largest absolute Gasteiger partial charge is 0.363 e. The average molecular weight is 386 g/mol. The Morgan fingerprint density at radius 2 is 1.78 bits per heavy atom. The predicted molar refractivity (Wildman–Crippen MR) is 110 cm³/mol. The van der Waals surface area contributed by atoms with Crippen molar-refractivity contribution in [3.8, 4) is 0 Å². The zero-order valence-corrected chi connectivity index (χ0v) is 16.6. The zero-order chi connectivity index (χ0) is 19.4. The first-order valence-corrected chi connectivity index (χ1v) is 9.31. The molecule has 1 aromatic heterocycles. The molecule has 0 saturated carbocycles. The van der Waals surface area contributed by atoms with Gasteiger partial charge in [-0.25, -0.2) is 9.97 Å². The molecule has 0 bridgehead atoms. The van der Waals surface area contributed by atoms with Crippen molar-refractivity contribution >= 4 is 35.2 Å². The van der Waals surface area contributed by atoms with Crippen LogP contribution >= 0.6 is 11.6 Å². The van der Waals surface area contributed by atoms with E-state index in [2.05, 4.69) is 14.9 Å². The summed E-state index contributed by atoms with van der Waals surface area (Å²) in [7, 11) is 3.93. The van der Waals surface area contributed by atoms with Gasteiger partial charge < -0.3 is 14.7 Å². The number of hydrogen-bond donors (Lipinski definition) is 0. The highest BCUT2D eigenvalue weighted by Crippen LogP contribution is 2.19. The summed E-state index contributed by atoms with van der Waals surface area (Å²) < 4.78 is 0. The van der Waals surface area contributed by atoms with Crippen LogP contribution in [0.25, 0.3) is 6.08 Å². The van der Waals surface area contributed by atoms with E-state index >= 15 is 0 Å². The molecule has 1 aliphatic rings. The standard InChI is InChI=1S/C20H24ClN5O/c1-15-22-18(24(2)3)14-19(23-15)25-10-12-26(13-11-25)20(27)9-6-16-4-7-17(21)8-5-16/h4-9,14H,10-13H2,1-3H3/b9-6+. The van der Waals surface area contributed by atoms with E-state index in [0.29, 0.717) is 18.1 Å². The van der Waals surface area contributed by atoms with Crippen LogP contribution in [0.5, 0.6) is 0 Å². The van der Waals surface area contributed by atoms with E-state index in [4.69, 9.17) is 11.6 Å². The molecule has 1 aliphatic heterocycles. The molecule has 6 nitrogen and oxygen atoms in total. The van der Waals surface area contributed by atoms with Crippen molar-refractivity contribution in [3.63, 3.8) is 0 Å². The fourth-order valence-electron chi connectivity index (χ4n) is 2.93. The topological polar surface area (TPSA) is 52.6 Å². The molecule has 0 radical (unpaired) electrons. The molecule has 0 aliphatic carbocycles. The Morgan fingerprint density at radius 3 is 2.41 bits per heavy atom. The van der Waals surface area contributed by atoms with Gasteiger partial charge in [0.25, 0.3) is 0 Å². The summed E-state index contributed by atoms with van der Waals surface area (Å²) in [5.41, 5.74) is 0.957. The number of hydrogen-bond acceptors (Lipinski definition) is 5. The number of halogens is 1. The smallest absolute Gasteiger partial charge is 0.246 e. The van der Waals surface area contributed by atoms with Crippen molar-refractivity contribution in [2.75, 3.05) is 50.1 Å². The minimum Gasteiger partial charge on any atom is -0.363 e. The van der Waals surface area contributed by atoms with Crippen LogP contribution in [-0.2, 0) is 4.79 Å². The highest BCUT2D eigenvalue weighted by molar-refractivity contribution is 6.30. The number of anilines is 2. The Kier molecular flexibility index (Phi) is 5.96. The zero-order valence-electron chi connectivity index (χ0n) is 15.9. The molecular weight excluding hydrogens is 362 g/mol. The van der Waals surface area contributed by atoms with E-state index in [0.717, 1.165) is 36.1 Å². The maximum atomic E-state index is 12.4. The van der Waals surface area contributed by atoms with Gasteiger partial charge in [0.15, 0.2) is 0 Å². The number of aromatic nitrogens is 2. The van der Waals surface area contributed by atoms with Gasteiger partial charge in [-0.2, -0.15) is 0 Å². The summed E-state index contributed by atoms with van der Waals surface area (Å²) in [6, 6.07) is 9.41. The molecule has 142 valence electrons. The number of benzene rings is 1. The number of piperazine rings is 1. The van der Waals surface area contributed by atoms with Crippen LogP contribution in [0.2, 0.25) is 5.02 Å². The van der Waals surface area contributed by atoms with Gasteiger partial charge in [0.05, 0.1) is 0 Å². The molecule has 0 unspecified atom stereocenters. The van der Waals surface area contributed by atoms with Crippen LogP contribution in [-0.4, -0.2) is 61.0 Å². The van der Waals surface area contributed by atoms with Gasteiger partial charge in [-0.3, -0.25) is 4.79 Å². The first kappa shape index (κ1) is 19.2. The summed E-state index contributed by atoms with van der Waals surface area (Å²) in [5.74, 6) is 2.58. The number of nitrogens with zero attached hydrogens (tertiary/aromatic N) is 5. The molecule has 0 N–H and O–H groups in total. The van der Waals surface area contributed by atoms with Crippen LogP contribution in [0, 0.1) is 6.92 Å². The Morgan fingerprint density at radius 1 is 1.11 bits per heavy atom. The molecule has 1 saturated heterocycles. The molecule has 0 spiro atoms. The quantitative estimate of drug-likeness (QED) is 0.757. The Bertz CT molecular complexity index is 827. The van der Waals surface area contributed by atoms with Gasteiger partial charge in [-0.15, -0.1) is 0 Å². The second kappa shape index (κ2) is 8.39. The van der Waals surface area contributed by atoms with Crippen LogP contribution in [0.1, 0.15) is 11.4 Å². The predicted octanol–water partition coefficient (Wildman–Crippen LogP) is 2.87. The maximum Gasteiger partial charge on any atom is 0.246 e. The summed E-state index contributed by atoms with van der Waals surface area (Å²) in [6.45, 7) is 4.75. The third-order valence-electron chi connectivity index (χ3n) is 4.47. The number of amides is 1. The molecule has 2 aromatic rings. The van der Waals surface area contributed by atoms with Gasteiger partial charge in [-0.05, 0) is 30.7 Å². The maximum absolute atomic E-state index is 12.4. The summed E-state index contributed by atoms with van der Waals surface area (Å²) >= 11 is 5.88.